The average Bonchev–Trinajstić information content (AvgIpc) is 2.93. The molecule has 5 heteroatoms. The van der Waals surface area contributed by atoms with Crippen LogP contribution in [0.1, 0.15) is 41.5 Å². The third kappa shape index (κ3) is 3.42. The van der Waals surface area contributed by atoms with Crippen LogP contribution in [0.25, 0.3) is 0 Å². The third-order valence-corrected chi connectivity index (χ3v) is 3.34. The molecule has 1 heterocycles. The largest absolute Gasteiger partial charge is 0.465 e. The van der Waals surface area contributed by atoms with E-state index in [1.807, 2.05) is 37.6 Å². The summed E-state index contributed by atoms with van der Waals surface area (Å²) in [6.07, 6.45) is 3.65. The zero-order chi connectivity index (χ0) is 15.4. The lowest BCUT2D eigenvalue weighted by atomic mass is 10.1. The van der Waals surface area contributed by atoms with Gasteiger partial charge in [0.2, 0.25) is 0 Å². The maximum absolute atomic E-state index is 11.8. The second-order valence-corrected chi connectivity index (χ2v) is 5.28. The Bertz CT molecular complexity index is 632. The molecule has 21 heavy (non-hydrogen) atoms. The summed E-state index contributed by atoms with van der Waals surface area (Å²) >= 11 is 0. The van der Waals surface area contributed by atoms with Gasteiger partial charge in [0.1, 0.15) is 0 Å². The summed E-state index contributed by atoms with van der Waals surface area (Å²) in [7, 11) is 1.39. The second-order valence-electron chi connectivity index (χ2n) is 5.28. The summed E-state index contributed by atoms with van der Waals surface area (Å²) in [6.45, 7) is 6.77. The molecular weight excluding hydrogens is 266 g/mol. The van der Waals surface area contributed by atoms with E-state index in [-0.39, 0.29) is 5.97 Å². The molecule has 112 valence electrons. The molecule has 2 aromatic rings. The van der Waals surface area contributed by atoms with E-state index in [1.165, 1.54) is 7.11 Å². The summed E-state index contributed by atoms with van der Waals surface area (Å²) in [5.41, 5.74) is 3.41. The number of ether oxygens (including phenoxy) is 1. The zero-order valence-corrected chi connectivity index (χ0v) is 12.9. The minimum Gasteiger partial charge on any atom is -0.465 e. The first-order valence-electron chi connectivity index (χ1n) is 6.96. The lowest BCUT2D eigenvalue weighted by Crippen LogP contribution is -2.12. The van der Waals surface area contributed by atoms with Crippen LogP contribution < -0.4 is 5.32 Å². The summed E-state index contributed by atoms with van der Waals surface area (Å²) in [4.78, 5) is 16.0. The molecule has 1 aromatic carbocycles. The standard InChI is InChI=1S/C16H21N3O2/c1-11(2)19-10-17-8-13(19)9-18-15-6-5-12(3)7-14(15)16(20)21-4/h5-8,10-11,18H,9H2,1-4H3. The van der Waals surface area contributed by atoms with E-state index in [2.05, 4.69) is 28.7 Å². The van der Waals surface area contributed by atoms with Gasteiger partial charge in [0, 0.05) is 17.9 Å². The average molecular weight is 287 g/mol. The molecule has 0 unspecified atom stereocenters. The van der Waals surface area contributed by atoms with Crippen LogP contribution in [0.2, 0.25) is 0 Å². The molecule has 0 aliphatic heterocycles. The fraction of sp³-hybridized carbons (Fsp3) is 0.375. The van der Waals surface area contributed by atoms with Gasteiger partial charge in [-0.25, -0.2) is 9.78 Å². The molecule has 0 atom stereocenters. The highest BCUT2D eigenvalue weighted by atomic mass is 16.5. The maximum Gasteiger partial charge on any atom is 0.339 e. The van der Waals surface area contributed by atoms with Gasteiger partial charge >= 0.3 is 5.97 Å². The predicted octanol–water partition coefficient (Wildman–Crippen LogP) is 3.17. The summed E-state index contributed by atoms with van der Waals surface area (Å²) < 4.78 is 6.93. The number of aromatic nitrogens is 2. The van der Waals surface area contributed by atoms with E-state index >= 15 is 0 Å². The van der Waals surface area contributed by atoms with E-state index in [4.69, 9.17) is 4.74 Å². The molecule has 0 amide bonds. The molecule has 2 rings (SSSR count). The third-order valence-electron chi connectivity index (χ3n) is 3.34. The fourth-order valence-electron chi connectivity index (χ4n) is 2.21. The van der Waals surface area contributed by atoms with Crippen molar-refractivity contribution in [1.29, 1.82) is 0 Å². The van der Waals surface area contributed by atoms with Gasteiger partial charge in [0.25, 0.3) is 0 Å². The Labute approximate surface area is 125 Å². The van der Waals surface area contributed by atoms with E-state index in [9.17, 15) is 4.79 Å². The van der Waals surface area contributed by atoms with Crippen molar-refractivity contribution in [3.05, 3.63) is 47.5 Å². The Hall–Kier alpha value is -2.30. The van der Waals surface area contributed by atoms with Crippen molar-refractivity contribution in [3.63, 3.8) is 0 Å². The van der Waals surface area contributed by atoms with E-state index in [0.717, 1.165) is 16.9 Å². The Kier molecular flexibility index (Phi) is 4.62. The van der Waals surface area contributed by atoms with Crippen molar-refractivity contribution in [3.8, 4) is 0 Å². The van der Waals surface area contributed by atoms with Crippen LogP contribution in [0.15, 0.2) is 30.7 Å². The molecule has 0 radical (unpaired) electrons. The topological polar surface area (TPSA) is 56.1 Å². The highest BCUT2D eigenvalue weighted by Crippen LogP contribution is 2.20. The van der Waals surface area contributed by atoms with Crippen molar-refractivity contribution in [2.24, 2.45) is 0 Å². The molecule has 1 aromatic heterocycles. The summed E-state index contributed by atoms with van der Waals surface area (Å²) in [5, 5.41) is 3.29. The van der Waals surface area contributed by atoms with Crippen LogP contribution in [-0.4, -0.2) is 22.6 Å². The molecule has 0 bridgehead atoms. The normalized spacial score (nSPS) is 10.7. The molecule has 0 saturated carbocycles. The first-order chi connectivity index (χ1) is 10.0. The molecule has 0 aliphatic carbocycles. The van der Waals surface area contributed by atoms with Crippen LogP contribution in [0.4, 0.5) is 5.69 Å². The van der Waals surface area contributed by atoms with Crippen molar-refractivity contribution < 1.29 is 9.53 Å². The van der Waals surface area contributed by atoms with Gasteiger partial charge in [-0.2, -0.15) is 0 Å². The smallest absolute Gasteiger partial charge is 0.339 e. The molecule has 1 N–H and O–H groups in total. The number of imidazole rings is 1. The van der Waals surface area contributed by atoms with Crippen LogP contribution in [-0.2, 0) is 11.3 Å². The van der Waals surface area contributed by atoms with E-state index in [0.29, 0.717) is 18.2 Å². The molecule has 0 spiro atoms. The minimum absolute atomic E-state index is 0.335. The molecule has 0 fully saturated rings. The Balaban J connectivity index is 2.20. The predicted molar refractivity (Wildman–Crippen MR) is 82.5 cm³/mol. The highest BCUT2D eigenvalue weighted by molar-refractivity contribution is 5.95. The van der Waals surface area contributed by atoms with Crippen LogP contribution >= 0.6 is 0 Å². The van der Waals surface area contributed by atoms with Gasteiger partial charge in [-0.05, 0) is 32.9 Å². The van der Waals surface area contributed by atoms with Gasteiger partial charge in [-0.1, -0.05) is 11.6 Å². The summed E-state index contributed by atoms with van der Waals surface area (Å²) in [6, 6.07) is 6.04. The van der Waals surface area contributed by atoms with Gasteiger partial charge in [-0.15, -0.1) is 0 Å². The Morgan fingerprint density at radius 1 is 1.43 bits per heavy atom. The van der Waals surface area contributed by atoms with Crippen molar-refractivity contribution >= 4 is 11.7 Å². The van der Waals surface area contributed by atoms with Gasteiger partial charge in [-0.3, -0.25) is 0 Å². The zero-order valence-electron chi connectivity index (χ0n) is 12.9. The number of carbonyl (C=O) groups excluding carboxylic acids is 1. The molecule has 0 aliphatic rings. The number of nitrogens with zero attached hydrogens (tertiary/aromatic N) is 2. The number of nitrogens with one attached hydrogen (secondary N) is 1. The molecule has 5 nitrogen and oxygen atoms in total. The number of hydrogen-bond donors (Lipinski definition) is 1. The first-order valence-corrected chi connectivity index (χ1v) is 6.96. The SMILES string of the molecule is COC(=O)c1cc(C)ccc1NCc1cncn1C(C)C. The quantitative estimate of drug-likeness (QED) is 0.858. The Morgan fingerprint density at radius 3 is 2.86 bits per heavy atom. The number of carbonyl (C=O) groups is 1. The Morgan fingerprint density at radius 2 is 2.19 bits per heavy atom. The number of aryl methyl sites for hydroxylation is 1. The van der Waals surface area contributed by atoms with Crippen LogP contribution in [0.5, 0.6) is 0 Å². The van der Waals surface area contributed by atoms with E-state index in [1.54, 1.807) is 0 Å². The van der Waals surface area contributed by atoms with Crippen LogP contribution in [0.3, 0.4) is 0 Å². The number of hydrogen-bond acceptors (Lipinski definition) is 4. The number of methoxy groups -OCH3 is 1. The number of benzene rings is 1. The van der Waals surface area contributed by atoms with Crippen molar-refractivity contribution in [2.75, 3.05) is 12.4 Å². The van der Waals surface area contributed by atoms with Crippen molar-refractivity contribution in [2.45, 2.75) is 33.4 Å². The number of anilines is 1. The number of esters is 1. The monoisotopic (exact) mass is 287 g/mol. The van der Waals surface area contributed by atoms with Gasteiger partial charge in [0.15, 0.2) is 0 Å². The summed E-state index contributed by atoms with van der Waals surface area (Å²) in [5.74, 6) is -0.335. The van der Waals surface area contributed by atoms with Gasteiger partial charge < -0.3 is 14.6 Å². The second kappa shape index (κ2) is 6.43. The van der Waals surface area contributed by atoms with E-state index < -0.39 is 0 Å². The van der Waals surface area contributed by atoms with Crippen molar-refractivity contribution in [1.82, 2.24) is 9.55 Å². The number of rotatable bonds is 5. The van der Waals surface area contributed by atoms with Gasteiger partial charge in [0.05, 0.1) is 31.2 Å². The maximum atomic E-state index is 11.8. The lowest BCUT2D eigenvalue weighted by molar-refractivity contribution is 0.0601. The molecule has 0 saturated heterocycles. The lowest BCUT2D eigenvalue weighted by Gasteiger charge is -2.15. The molecular formula is C16H21N3O2. The minimum atomic E-state index is -0.335. The fourth-order valence-corrected chi connectivity index (χ4v) is 2.21. The highest BCUT2D eigenvalue weighted by Gasteiger charge is 2.13. The van der Waals surface area contributed by atoms with Crippen LogP contribution in [0, 0.1) is 6.92 Å². The first kappa shape index (κ1) is 15.1.